The Hall–Kier alpha value is -1.57. The number of hydrogen-bond donors (Lipinski definition) is 0. The maximum atomic E-state index is 12.4. The van der Waals surface area contributed by atoms with Gasteiger partial charge in [0.05, 0.1) is 5.39 Å². The lowest BCUT2D eigenvalue weighted by atomic mass is 9.88. The van der Waals surface area contributed by atoms with Gasteiger partial charge in [0.1, 0.15) is 11.3 Å². The Morgan fingerprint density at radius 2 is 2.18 bits per heavy atom. The Labute approximate surface area is 100 Å². The summed E-state index contributed by atoms with van der Waals surface area (Å²) < 4.78 is 5.89. The Balaban J connectivity index is 2.32. The average molecular weight is 228 g/mol. The van der Waals surface area contributed by atoms with Crippen molar-refractivity contribution in [2.75, 3.05) is 0 Å². The smallest absolute Gasteiger partial charge is 0.196 e. The topological polar surface area (TPSA) is 30.2 Å². The number of fused-ring (bicyclic) bond motifs is 2. The highest BCUT2D eigenvalue weighted by molar-refractivity contribution is 5.78. The largest absolute Gasteiger partial charge is 0.461 e. The van der Waals surface area contributed by atoms with Crippen LogP contribution in [-0.4, -0.2) is 0 Å². The van der Waals surface area contributed by atoms with Crippen LogP contribution in [0.2, 0.25) is 0 Å². The first-order valence-corrected chi connectivity index (χ1v) is 6.20. The van der Waals surface area contributed by atoms with Crippen molar-refractivity contribution in [3.8, 4) is 0 Å². The third-order valence-electron chi connectivity index (χ3n) is 3.64. The summed E-state index contributed by atoms with van der Waals surface area (Å²) in [7, 11) is 0. The highest BCUT2D eigenvalue weighted by Gasteiger charge is 2.21. The van der Waals surface area contributed by atoms with Crippen molar-refractivity contribution in [3.63, 3.8) is 0 Å². The van der Waals surface area contributed by atoms with Gasteiger partial charge in [0, 0.05) is 12.0 Å². The second kappa shape index (κ2) is 3.73. The Kier molecular flexibility index (Phi) is 2.32. The molecule has 0 saturated heterocycles. The number of rotatable bonds is 0. The van der Waals surface area contributed by atoms with E-state index in [1.165, 1.54) is 0 Å². The van der Waals surface area contributed by atoms with Crippen LogP contribution < -0.4 is 5.43 Å². The van der Waals surface area contributed by atoms with Gasteiger partial charge in [-0.15, -0.1) is 0 Å². The molecule has 0 fully saturated rings. The second-order valence-electron chi connectivity index (χ2n) is 5.18. The summed E-state index contributed by atoms with van der Waals surface area (Å²) in [6.07, 6.45) is 2.88. The van der Waals surface area contributed by atoms with Gasteiger partial charge in [-0.1, -0.05) is 13.0 Å². The third-order valence-corrected chi connectivity index (χ3v) is 3.64. The molecule has 2 aromatic rings. The fourth-order valence-corrected chi connectivity index (χ4v) is 2.62. The van der Waals surface area contributed by atoms with Gasteiger partial charge in [0.25, 0.3) is 0 Å². The molecule has 2 nitrogen and oxygen atoms in total. The number of benzene rings is 1. The molecule has 0 spiro atoms. The Bertz CT molecular complexity index is 637. The van der Waals surface area contributed by atoms with Crippen molar-refractivity contribution in [2.24, 2.45) is 5.92 Å². The molecule has 0 saturated carbocycles. The zero-order valence-corrected chi connectivity index (χ0v) is 10.2. The van der Waals surface area contributed by atoms with Crippen molar-refractivity contribution >= 4 is 11.0 Å². The molecule has 17 heavy (non-hydrogen) atoms. The van der Waals surface area contributed by atoms with Crippen LogP contribution in [-0.2, 0) is 12.8 Å². The van der Waals surface area contributed by atoms with Crippen LogP contribution in [0.25, 0.3) is 11.0 Å². The van der Waals surface area contributed by atoms with Gasteiger partial charge in [0.2, 0.25) is 0 Å². The minimum Gasteiger partial charge on any atom is -0.461 e. The van der Waals surface area contributed by atoms with E-state index in [4.69, 9.17) is 4.42 Å². The summed E-state index contributed by atoms with van der Waals surface area (Å²) in [5.74, 6) is 1.50. The molecular formula is C15H16O2. The molecule has 1 aromatic carbocycles. The van der Waals surface area contributed by atoms with E-state index >= 15 is 0 Å². The first kappa shape index (κ1) is 10.6. The van der Waals surface area contributed by atoms with Gasteiger partial charge in [-0.25, -0.2) is 0 Å². The quantitative estimate of drug-likeness (QED) is 0.693. The lowest BCUT2D eigenvalue weighted by molar-refractivity contribution is 0.423. The summed E-state index contributed by atoms with van der Waals surface area (Å²) in [5, 5.41) is 0.725. The van der Waals surface area contributed by atoms with Gasteiger partial charge in [0.15, 0.2) is 5.43 Å². The van der Waals surface area contributed by atoms with Crippen molar-refractivity contribution in [2.45, 2.75) is 33.1 Å². The molecule has 0 bridgehead atoms. The van der Waals surface area contributed by atoms with E-state index in [0.29, 0.717) is 5.92 Å². The number of hydrogen-bond acceptors (Lipinski definition) is 2. The van der Waals surface area contributed by atoms with Gasteiger partial charge in [-0.3, -0.25) is 4.79 Å². The molecule has 3 rings (SSSR count). The van der Waals surface area contributed by atoms with E-state index in [-0.39, 0.29) is 5.43 Å². The van der Waals surface area contributed by atoms with Crippen molar-refractivity contribution in [1.82, 2.24) is 0 Å². The molecule has 1 atom stereocenters. The molecular weight excluding hydrogens is 212 g/mol. The van der Waals surface area contributed by atoms with Crippen molar-refractivity contribution < 1.29 is 4.42 Å². The van der Waals surface area contributed by atoms with Crippen LogP contribution in [0.1, 0.15) is 30.2 Å². The average Bonchev–Trinajstić information content (AvgIpc) is 2.30. The molecule has 1 aliphatic rings. The maximum Gasteiger partial charge on any atom is 0.196 e. The summed E-state index contributed by atoms with van der Waals surface area (Å²) >= 11 is 0. The van der Waals surface area contributed by atoms with E-state index in [2.05, 4.69) is 6.92 Å². The lowest BCUT2D eigenvalue weighted by Gasteiger charge is -2.19. The molecule has 88 valence electrons. The fraction of sp³-hybridized carbons (Fsp3) is 0.400. The van der Waals surface area contributed by atoms with Gasteiger partial charge < -0.3 is 4.42 Å². The van der Waals surface area contributed by atoms with E-state index in [0.717, 1.165) is 47.1 Å². The van der Waals surface area contributed by atoms with Gasteiger partial charge >= 0.3 is 0 Å². The maximum absolute atomic E-state index is 12.4. The van der Waals surface area contributed by atoms with Crippen LogP contribution in [0, 0.1) is 12.8 Å². The normalized spacial score (nSPS) is 19.3. The van der Waals surface area contributed by atoms with E-state index < -0.39 is 0 Å². The molecule has 0 N–H and O–H groups in total. The van der Waals surface area contributed by atoms with Crippen LogP contribution >= 0.6 is 0 Å². The fourth-order valence-electron chi connectivity index (χ4n) is 2.62. The van der Waals surface area contributed by atoms with Crippen LogP contribution in [0.4, 0.5) is 0 Å². The monoisotopic (exact) mass is 228 g/mol. The summed E-state index contributed by atoms with van der Waals surface area (Å²) in [5.41, 5.74) is 2.95. The van der Waals surface area contributed by atoms with Gasteiger partial charge in [-0.2, -0.15) is 0 Å². The Morgan fingerprint density at radius 1 is 1.35 bits per heavy atom. The molecule has 0 radical (unpaired) electrons. The summed E-state index contributed by atoms with van der Waals surface area (Å²) in [4.78, 5) is 12.4. The van der Waals surface area contributed by atoms with E-state index in [1.807, 2.05) is 25.1 Å². The molecule has 1 unspecified atom stereocenters. The highest BCUT2D eigenvalue weighted by Crippen LogP contribution is 2.26. The molecule has 1 heterocycles. The second-order valence-corrected chi connectivity index (χ2v) is 5.18. The molecule has 0 amide bonds. The van der Waals surface area contributed by atoms with Gasteiger partial charge in [-0.05, 0) is 43.4 Å². The minimum atomic E-state index is 0.174. The van der Waals surface area contributed by atoms with E-state index in [9.17, 15) is 4.79 Å². The van der Waals surface area contributed by atoms with E-state index in [1.54, 1.807) is 0 Å². The molecule has 1 aromatic heterocycles. The highest BCUT2D eigenvalue weighted by atomic mass is 16.3. The van der Waals surface area contributed by atoms with Crippen LogP contribution in [0.3, 0.4) is 0 Å². The Morgan fingerprint density at radius 3 is 3.00 bits per heavy atom. The molecule has 1 aliphatic carbocycles. The summed E-state index contributed by atoms with van der Waals surface area (Å²) in [6, 6.07) is 5.81. The minimum absolute atomic E-state index is 0.174. The zero-order valence-electron chi connectivity index (χ0n) is 10.2. The lowest BCUT2D eigenvalue weighted by Crippen LogP contribution is -2.20. The van der Waals surface area contributed by atoms with Crippen molar-refractivity contribution in [3.05, 3.63) is 45.3 Å². The van der Waals surface area contributed by atoms with Crippen LogP contribution in [0.5, 0.6) is 0 Å². The molecule has 2 heteroatoms. The van der Waals surface area contributed by atoms with Crippen LogP contribution in [0.15, 0.2) is 27.4 Å². The zero-order chi connectivity index (χ0) is 12.0. The predicted molar refractivity (Wildman–Crippen MR) is 68.4 cm³/mol. The first-order chi connectivity index (χ1) is 8.15. The predicted octanol–water partition coefficient (Wildman–Crippen LogP) is 3.23. The third kappa shape index (κ3) is 1.68. The number of aryl methyl sites for hydroxylation is 2. The standard InChI is InChI=1S/C15H16O2/c1-9-4-6-13-12(7-9)15(16)11-5-3-10(2)8-14(11)17-13/h3,5,8-9H,4,6-7H2,1-2H3. The SMILES string of the molecule is Cc1ccc2c(=O)c3c(oc2c1)CCC(C)C3. The summed E-state index contributed by atoms with van der Waals surface area (Å²) in [6.45, 7) is 4.21. The van der Waals surface area contributed by atoms with Crippen molar-refractivity contribution in [1.29, 1.82) is 0 Å². The molecule has 0 aliphatic heterocycles. The first-order valence-electron chi connectivity index (χ1n) is 6.20.